The van der Waals surface area contributed by atoms with Crippen LogP contribution in [0.15, 0.2) is 18.2 Å². The summed E-state index contributed by atoms with van der Waals surface area (Å²) in [6, 6.07) is 5.70. The zero-order valence-electron chi connectivity index (χ0n) is 11.9. The highest BCUT2D eigenvalue weighted by Crippen LogP contribution is 2.29. The second kappa shape index (κ2) is 6.99. The number of carbonyl (C=O) groups is 1. The molecule has 106 valence electrons. The lowest BCUT2D eigenvalue weighted by atomic mass is 10.1. The van der Waals surface area contributed by atoms with Gasteiger partial charge in [-0.25, -0.2) is 0 Å². The van der Waals surface area contributed by atoms with Gasteiger partial charge in [0.25, 0.3) is 5.91 Å². The van der Waals surface area contributed by atoms with Gasteiger partial charge in [0, 0.05) is 13.1 Å². The number of benzene rings is 1. The molecule has 0 aliphatic carbocycles. The van der Waals surface area contributed by atoms with E-state index in [1.54, 1.807) is 27.1 Å². The highest BCUT2D eigenvalue weighted by atomic mass is 16.5. The normalized spacial score (nSPS) is 13.5. The Morgan fingerprint density at radius 1 is 1.37 bits per heavy atom. The van der Waals surface area contributed by atoms with Gasteiger partial charge in [-0.05, 0) is 38.0 Å². The van der Waals surface area contributed by atoms with Crippen molar-refractivity contribution in [3.05, 3.63) is 23.8 Å². The maximum absolute atomic E-state index is 11.4. The number of hydrogen-bond acceptors (Lipinski definition) is 4. The van der Waals surface area contributed by atoms with Crippen LogP contribution in [0.2, 0.25) is 0 Å². The van der Waals surface area contributed by atoms with Crippen LogP contribution < -0.4 is 20.5 Å². The van der Waals surface area contributed by atoms with Crippen molar-refractivity contribution in [3.8, 4) is 11.5 Å². The average Bonchev–Trinajstić information content (AvgIpc) is 2.38. The number of rotatable bonds is 6. The Morgan fingerprint density at radius 2 is 2.05 bits per heavy atom. The Kier molecular flexibility index (Phi) is 5.63. The molecule has 3 N–H and O–H groups in total. The van der Waals surface area contributed by atoms with Gasteiger partial charge < -0.3 is 20.5 Å². The predicted molar refractivity (Wildman–Crippen MR) is 74.5 cm³/mol. The van der Waals surface area contributed by atoms with Gasteiger partial charge in [-0.2, -0.15) is 0 Å². The van der Waals surface area contributed by atoms with Gasteiger partial charge in [-0.3, -0.25) is 4.79 Å². The minimum Gasteiger partial charge on any atom is -0.493 e. The molecule has 5 heteroatoms. The average molecular weight is 266 g/mol. The van der Waals surface area contributed by atoms with Crippen molar-refractivity contribution in [2.24, 2.45) is 5.73 Å². The van der Waals surface area contributed by atoms with E-state index in [9.17, 15) is 4.79 Å². The zero-order valence-corrected chi connectivity index (χ0v) is 11.9. The molecule has 5 nitrogen and oxygen atoms in total. The smallest absolute Gasteiger partial charge is 0.260 e. The first-order chi connectivity index (χ1) is 8.97. The first kappa shape index (κ1) is 15.3. The third-order valence-electron chi connectivity index (χ3n) is 2.71. The van der Waals surface area contributed by atoms with Crippen LogP contribution in [0, 0.1) is 0 Å². The predicted octanol–water partition coefficient (Wildman–Crippen LogP) is 1.10. The maximum Gasteiger partial charge on any atom is 0.260 e. The third kappa shape index (κ3) is 4.44. The molecule has 0 spiro atoms. The van der Waals surface area contributed by atoms with Gasteiger partial charge in [0.2, 0.25) is 0 Å². The molecule has 0 aliphatic heterocycles. The highest BCUT2D eigenvalue weighted by Gasteiger charge is 2.15. The monoisotopic (exact) mass is 266 g/mol. The highest BCUT2D eigenvalue weighted by molar-refractivity contribution is 5.80. The molecule has 0 fully saturated rings. The molecule has 0 bridgehead atoms. The van der Waals surface area contributed by atoms with Gasteiger partial charge >= 0.3 is 0 Å². The number of hydrogen-bond donors (Lipinski definition) is 2. The van der Waals surface area contributed by atoms with E-state index >= 15 is 0 Å². The number of methoxy groups -OCH3 is 1. The van der Waals surface area contributed by atoms with Crippen molar-refractivity contribution < 1.29 is 14.3 Å². The summed E-state index contributed by atoms with van der Waals surface area (Å²) in [7, 11) is 3.15. The Bertz CT molecular complexity index is 433. The minimum atomic E-state index is -0.571. The zero-order chi connectivity index (χ0) is 14.4. The largest absolute Gasteiger partial charge is 0.493 e. The number of amides is 1. The van der Waals surface area contributed by atoms with Crippen molar-refractivity contribution in [2.45, 2.75) is 32.4 Å². The third-order valence-corrected chi connectivity index (χ3v) is 2.71. The Labute approximate surface area is 114 Å². The molecule has 1 amide bonds. The Balaban J connectivity index is 2.87. The van der Waals surface area contributed by atoms with Crippen LogP contribution in [0.25, 0.3) is 0 Å². The van der Waals surface area contributed by atoms with E-state index in [4.69, 9.17) is 15.2 Å². The van der Waals surface area contributed by atoms with Gasteiger partial charge in [0.1, 0.15) is 0 Å². The van der Waals surface area contributed by atoms with E-state index in [1.165, 1.54) is 0 Å². The van der Waals surface area contributed by atoms with Gasteiger partial charge in [0.05, 0.1) is 7.11 Å². The molecule has 0 aliphatic rings. The lowest BCUT2D eigenvalue weighted by molar-refractivity contribution is -0.126. The molecule has 0 saturated carbocycles. The maximum atomic E-state index is 11.4. The summed E-state index contributed by atoms with van der Waals surface area (Å²) in [5, 5.41) is 2.54. The van der Waals surface area contributed by atoms with E-state index in [1.807, 2.05) is 19.1 Å². The topological polar surface area (TPSA) is 73.6 Å². The molecule has 2 unspecified atom stereocenters. The molecule has 19 heavy (non-hydrogen) atoms. The van der Waals surface area contributed by atoms with E-state index < -0.39 is 6.10 Å². The minimum absolute atomic E-state index is 0.0845. The van der Waals surface area contributed by atoms with Gasteiger partial charge in [-0.1, -0.05) is 6.07 Å². The number of likely N-dealkylation sites (N-methyl/N-ethyl adjacent to an activating group) is 1. The van der Waals surface area contributed by atoms with Crippen molar-refractivity contribution in [3.63, 3.8) is 0 Å². The molecule has 1 rings (SSSR count). The fraction of sp³-hybridized carbons (Fsp3) is 0.500. The first-order valence-electron chi connectivity index (χ1n) is 6.28. The van der Waals surface area contributed by atoms with Crippen LogP contribution in [-0.2, 0) is 11.2 Å². The molecular weight excluding hydrogens is 244 g/mol. The molecule has 0 saturated heterocycles. The van der Waals surface area contributed by atoms with Crippen LogP contribution >= 0.6 is 0 Å². The molecule has 0 heterocycles. The first-order valence-corrected chi connectivity index (χ1v) is 6.28. The molecule has 1 aromatic carbocycles. The van der Waals surface area contributed by atoms with Crippen LogP contribution in [0.4, 0.5) is 0 Å². The van der Waals surface area contributed by atoms with Gasteiger partial charge in [-0.15, -0.1) is 0 Å². The number of nitrogens with one attached hydrogen (secondary N) is 1. The van der Waals surface area contributed by atoms with Crippen molar-refractivity contribution >= 4 is 5.91 Å². The SMILES string of the molecule is CNC(=O)C(C)Oc1ccc(CC(C)N)cc1OC. The van der Waals surface area contributed by atoms with E-state index in [2.05, 4.69) is 5.32 Å². The second-order valence-corrected chi connectivity index (χ2v) is 4.54. The standard InChI is InChI=1S/C14H22N2O3/c1-9(15)7-11-5-6-12(13(8-11)18-4)19-10(2)14(17)16-3/h5-6,8-10H,7,15H2,1-4H3,(H,16,17). The Hall–Kier alpha value is -1.75. The quantitative estimate of drug-likeness (QED) is 0.808. The summed E-state index contributed by atoms with van der Waals surface area (Å²) >= 11 is 0. The fourth-order valence-corrected chi connectivity index (χ4v) is 1.76. The fourth-order valence-electron chi connectivity index (χ4n) is 1.76. The summed E-state index contributed by atoms with van der Waals surface area (Å²) in [5.74, 6) is 0.975. The van der Waals surface area contributed by atoms with Crippen molar-refractivity contribution in [1.82, 2.24) is 5.32 Å². The summed E-state index contributed by atoms with van der Waals surface area (Å²) in [6.07, 6.45) is 0.194. The van der Waals surface area contributed by atoms with E-state index in [-0.39, 0.29) is 11.9 Å². The number of ether oxygens (including phenoxy) is 2. The summed E-state index contributed by atoms with van der Waals surface area (Å²) in [6.45, 7) is 3.64. The lowest BCUT2D eigenvalue weighted by Crippen LogP contribution is -2.33. The van der Waals surface area contributed by atoms with Crippen molar-refractivity contribution in [1.29, 1.82) is 0 Å². The summed E-state index contributed by atoms with van der Waals surface area (Å²) in [5.41, 5.74) is 6.84. The van der Waals surface area contributed by atoms with Crippen LogP contribution in [0.5, 0.6) is 11.5 Å². The lowest BCUT2D eigenvalue weighted by Gasteiger charge is -2.16. The van der Waals surface area contributed by atoms with Gasteiger partial charge in [0.15, 0.2) is 17.6 Å². The molecule has 2 atom stereocenters. The Morgan fingerprint density at radius 3 is 2.58 bits per heavy atom. The van der Waals surface area contributed by atoms with E-state index in [0.29, 0.717) is 11.5 Å². The van der Waals surface area contributed by atoms with Crippen LogP contribution in [0.3, 0.4) is 0 Å². The molecule has 0 radical (unpaired) electrons. The van der Waals surface area contributed by atoms with Crippen LogP contribution in [0.1, 0.15) is 19.4 Å². The molecule has 0 aromatic heterocycles. The second-order valence-electron chi connectivity index (χ2n) is 4.54. The van der Waals surface area contributed by atoms with Crippen LogP contribution in [-0.4, -0.2) is 32.2 Å². The molecule has 1 aromatic rings. The van der Waals surface area contributed by atoms with E-state index in [0.717, 1.165) is 12.0 Å². The summed E-state index contributed by atoms with van der Waals surface area (Å²) < 4.78 is 10.9. The van der Waals surface area contributed by atoms with Crippen molar-refractivity contribution in [2.75, 3.05) is 14.2 Å². The number of carbonyl (C=O) groups excluding carboxylic acids is 1. The molecular formula is C14H22N2O3. The summed E-state index contributed by atoms with van der Waals surface area (Å²) in [4.78, 5) is 11.4. The number of nitrogens with two attached hydrogens (primary N) is 1.